The average molecular weight is 561 g/mol. The summed E-state index contributed by atoms with van der Waals surface area (Å²) in [5.41, 5.74) is 3.08. The Bertz CT molecular complexity index is 1470. The molecule has 0 bridgehead atoms. The second-order valence-corrected chi connectivity index (χ2v) is 10.3. The molecule has 1 amide bonds. The molecule has 3 heterocycles. The van der Waals surface area contributed by atoms with Crippen molar-refractivity contribution in [2.24, 2.45) is 5.92 Å². The largest absolute Gasteiger partial charge is 0.494 e. The molecule has 2 atom stereocenters. The normalized spacial score (nSPS) is 16.8. The number of furan rings is 1. The van der Waals surface area contributed by atoms with Crippen molar-refractivity contribution in [2.75, 3.05) is 16.8 Å². The van der Waals surface area contributed by atoms with Crippen LogP contribution in [0.25, 0.3) is 11.3 Å². The number of thiocarbonyl (C=S) groups is 1. The van der Waals surface area contributed by atoms with E-state index in [2.05, 4.69) is 15.6 Å². The highest BCUT2D eigenvalue weighted by molar-refractivity contribution is 7.80. The van der Waals surface area contributed by atoms with Crippen molar-refractivity contribution in [3.63, 3.8) is 0 Å². The van der Waals surface area contributed by atoms with E-state index >= 15 is 0 Å². The summed E-state index contributed by atoms with van der Waals surface area (Å²) < 4.78 is 12.0. The smallest absolute Gasteiger partial charge is 0.226 e. The van der Waals surface area contributed by atoms with Crippen LogP contribution in [0.1, 0.15) is 44.3 Å². The summed E-state index contributed by atoms with van der Waals surface area (Å²) in [7, 11) is 0. The molecule has 1 saturated heterocycles. The van der Waals surface area contributed by atoms with Gasteiger partial charge in [-0.25, -0.2) is 0 Å². The summed E-state index contributed by atoms with van der Waals surface area (Å²) in [6, 6.07) is 22.4. The topological polar surface area (TPSA) is 79.6 Å². The van der Waals surface area contributed by atoms with E-state index in [9.17, 15) is 4.79 Å². The minimum atomic E-state index is -0.337. The maximum Gasteiger partial charge on any atom is 0.226 e. The van der Waals surface area contributed by atoms with Gasteiger partial charge in [0, 0.05) is 23.4 Å². The van der Waals surface area contributed by atoms with Gasteiger partial charge in [-0.05, 0) is 85.9 Å². The van der Waals surface area contributed by atoms with E-state index in [1.807, 2.05) is 86.3 Å². The molecule has 39 heavy (non-hydrogen) atoms. The summed E-state index contributed by atoms with van der Waals surface area (Å²) in [5.74, 6) is 1.99. The van der Waals surface area contributed by atoms with E-state index in [1.54, 1.807) is 18.3 Å². The van der Waals surface area contributed by atoms with Crippen LogP contribution >= 0.6 is 23.8 Å². The minimum Gasteiger partial charge on any atom is -0.494 e. The lowest BCUT2D eigenvalue weighted by molar-refractivity contribution is -0.118. The van der Waals surface area contributed by atoms with Crippen LogP contribution in [0.2, 0.25) is 5.02 Å². The Hall–Kier alpha value is -3.88. The molecule has 1 fully saturated rings. The third-order valence-electron chi connectivity index (χ3n) is 6.48. The van der Waals surface area contributed by atoms with Crippen LogP contribution in [0.5, 0.6) is 5.75 Å². The zero-order valence-corrected chi connectivity index (χ0v) is 23.4. The number of aromatic nitrogens is 1. The second kappa shape index (κ2) is 11.5. The maximum atomic E-state index is 12.2. The lowest BCUT2D eigenvalue weighted by Gasteiger charge is -2.26. The number of amides is 1. The molecule has 0 radical (unpaired) electrons. The second-order valence-electron chi connectivity index (χ2n) is 9.46. The van der Waals surface area contributed by atoms with E-state index in [4.69, 9.17) is 33.0 Å². The highest BCUT2D eigenvalue weighted by atomic mass is 35.5. The zero-order valence-electron chi connectivity index (χ0n) is 21.9. The van der Waals surface area contributed by atoms with Gasteiger partial charge >= 0.3 is 0 Å². The summed E-state index contributed by atoms with van der Waals surface area (Å²) in [6.45, 7) is 6.23. The van der Waals surface area contributed by atoms with Gasteiger partial charge in [0.1, 0.15) is 23.3 Å². The van der Waals surface area contributed by atoms with Crippen molar-refractivity contribution in [3.05, 3.63) is 95.5 Å². The van der Waals surface area contributed by atoms with Gasteiger partial charge < -0.3 is 24.7 Å². The van der Waals surface area contributed by atoms with Crippen LogP contribution in [-0.4, -0.2) is 22.6 Å². The minimum absolute atomic E-state index is 0.103. The van der Waals surface area contributed by atoms with Crippen molar-refractivity contribution >= 4 is 46.2 Å². The number of halogens is 1. The number of hydrogen-bond donors (Lipinski definition) is 2. The van der Waals surface area contributed by atoms with Gasteiger partial charge in [0.05, 0.1) is 29.1 Å². The molecule has 7 nitrogen and oxygen atoms in total. The van der Waals surface area contributed by atoms with Gasteiger partial charge in [-0.3, -0.25) is 9.78 Å². The average Bonchev–Trinajstić information content (AvgIpc) is 3.55. The van der Waals surface area contributed by atoms with E-state index in [0.717, 1.165) is 34.2 Å². The van der Waals surface area contributed by atoms with Crippen LogP contribution in [0.4, 0.5) is 11.4 Å². The van der Waals surface area contributed by atoms with Gasteiger partial charge in [0.15, 0.2) is 5.11 Å². The summed E-state index contributed by atoms with van der Waals surface area (Å²) in [6.07, 6.45) is 1.76. The molecule has 0 saturated carbocycles. The molecule has 200 valence electrons. The fourth-order valence-electron chi connectivity index (χ4n) is 4.50. The van der Waals surface area contributed by atoms with Crippen molar-refractivity contribution in [1.82, 2.24) is 10.3 Å². The predicted molar refractivity (Wildman–Crippen MR) is 158 cm³/mol. The molecule has 0 aliphatic carbocycles. The lowest BCUT2D eigenvalue weighted by atomic mass is 10.0. The van der Waals surface area contributed by atoms with Gasteiger partial charge in [0.2, 0.25) is 5.91 Å². The number of carbonyl (C=O) groups is 1. The van der Waals surface area contributed by atoms with Crippen molar-refractivity contribution in [2.45, 2.75) is 32.9 Å². The number of benzene rings is 2. The summed E-state index contributed by atoms with van der Waals surface area (Å²) in [5, 5.41) is 7.23. The van der Waals surface area contributed by atoms with Crippen LogP contribution < -0.4 is 20.3 Å². The first-order chi connectivity index (χ1) is 18.9. The molecule has 5 rings (SSSR count). The van der Waals surface area contributed by atoms with Crippen LogP contribution in [0.15, 0.2) is 83.4 Å². The molecule has 4 aromatic rings. The predicted octanol–water partition coefficient (Wildman–Crippen LogP) is 7.17. The number of carbonyl (C=O) groups excluding carboxylic acids is 1. The number of hydrogen-bond acceptors (Lipinski definition) is 5. The standard InChI is InChI=1S/C30H29ClN4O3S/c1-4-37-21-11-8-19(9-12-21)25-14-15-26(38-25)28-27(24-7-5-6-16-32-24)34-30(39)35(28)20-10-13-23(22(31)17-20)33-29(36)18(2)3/h5-18,27-28H,4H2,1-3H3,(H,33,36)(H,34,39). The third kappa shape index (κ3) is 5.62. The summed E-state index contributed by atoms with van der Waals surface area (Å²) in [4.78, 5) is 18.8. The quantitative estimate of drug-likeness (QED) is 0.221. The first-order valence-corrected chi connectivity index (χ1v) is 13.6. The Morgan fingerprint density at radius 2 is 1.95 bits per heavy atom. The molecule has 1 aliphatic heterocycles. The molecule has 2 unspecified atom stereocenters. The van der Waals surface area contributed by atoms with Crippen molar-refractivity contribution < 1.29 is 13.9 Å². The Labute approximate surface area is 238 Å². The number of anilines is 2. The SMILES string of the molecule is CCOc1ccc(-c2ccc(C3C(c4ccccn4)NC(=S)N3c3ccc(NC(=O)C(C)C)c(Cl)c3)o2)cc1. The first kappa shape index (κ1) is 26.7. The summed E-state index contributed by atoms with van der Waals surface area (Å²) >= 11 is 12.4. The van der Waals surface area contributed by atoms with E-state index in [0.29, 0.717) is 22.4 Å². The van der Waals surface area contributed by atoms with Gasteiger partial charge in [-0.15, -0.1) is 0 Å². The van der Waals surface area contributed by atoms with Crippen LogP contribution in [0.3, 0.4) is 0 Å². The number of rotatable bonds is 8. The van der Waals surface area contributed by atoms with E-state index in [1.165, 1.54) is 0 Å². The van der Waals surface area contributed by atoms with E-state index in [-0.39, 0.29) is 23.9 Å². The monoisotopic (exact) mass is 560 g/mol. The van der Waals surface area contributed by atoms with Crippen molar-refractivity contribution in [3.8, 4) is 17.1 Å². The number of nitrogens with one attached hydrogen (secondary N) is 2. The Morgan fingerprint density at radius 1 is 1.15 bits per heavy atom. The van der Waals surface area contributed by atoms with Gasteiger partial charge in [-0.2, -0.15) is 0 Å². The van der Waals surface area contributed by atoms with E-state index < -0.39 is 0 Å². The number of ether oxygens (including phenoxy) is 1. The number of pyridine rings is 1. The lowest BCUT2D eigenvalue weighted by Crippen LogP contribution is -2.29. The molecule has 0 spiro atoms. The fourth-order valence-corrected chi connectivity index (χ4v) is 5.07. The molecule has 1 aliphatic rings. The Kier molecular flexibility index (Phi) is 7.86. The Balaban J connectivity index is 1.51. The maximum absolute atomic E-state index is 12.2. The Morgan fingerprint density at radius 3 is 2.62 bits per heavy atom. The molecular weight excluding hydrogens is 532 g/mol. The molecule has 2 aromatic heterocycles. The zero-order chi connectivity index (χ0) is 27.5. The molecular formula is C30H29ClN4O3S. The first-order valence-electron chi connectivity index (χ1n) is 12.8. The third-order valence-corrected chi connectivity index (χ3v) is 7.11. The molecule has 9 heteroatoms. The molecule has 2 aromatic carbocycles. The van der Waals surface area contributed by atoms with Gasteiger partial charge in [-0.1, -0.05) is 31.5 Å². The van der Waals surface area contributed by atoms with Crippen LogP contribution in [-0.2, 0) is 4.79 Å². The van der Waals surface area contributed by atoms with Crippen LogP contribution in [0, 0.1) is 5.92 Å². The highest BCUT2D eigenvalue weighted by Gasteiger charge is 2.42. The number of nitrogens with zero attached hydrogens (tertiary/aromatic N) is 2. The van der Waals surface area contributed by atoms with Crippen molar-refractivity contribution in [1.29, 1.82) is 0 Å². The van der Waals surface area contributed by atoms with Gasteiger partial charge in [0.25, 0.3) is 0 Å². The molecule has 2 N–H and O–H groups in total. The fraction of sp³-hybridized carbons (Fsp3) is 0.233. The highest BCUT2D eigenvalue weighted by Crippen LogP contribution is 2.44.